The van der Waals surface area contributed by atoms with Gasteiger partial charge in [0.15, 0.2) is 5.82 Å². The van der Waals surface area contributed by atoms with Crippen LogP contribution in [0.25, 0.3) is 11.3 Å². The number of anilines is 1. The van der Waals surface area contributed by atoms with E-state index in [-0.39, 0.29) is 24.3 Å². The molecule has 8 heteroatoms. The van der Waals surface area contributed by atoms with Crippen molar-refractivity contribution >= 4 is 23.5 Å². The first kappa shape index (κ1) is 18.8. The van der Waals surface area contributed by atoms with Crippen LogP contribution in [0.2, 0.25) is 0 Å². The van der Waals surface area contributed by atoms with Gasteiger partial charge in [0, 0.05) is 24.7 Å². The number of hydrogen-bond donors (Lipinski definition) is 1. The molecular weight excluding hydrogens is 370 g/mol. The molecule has 3 heterocycles. The first-order valence-corrected chi connectivity index (χ1v) is 9.46. The number of carbonyl (C=O) groups excluding carboxylic acids is 3. The molecule has 0 radical (unpaired) electrons. The van der Waals surface area contributed by atoms with E-state index in [0.29, 0.717) is 30.1 Å². The Hall–Kier alpha value is -3.55. The summed E-state index contributed by atoms with van der Waals surface area (Å²) in [5, 5.41) is 11.0. The summed E-state index contributed by atoms with van der Waals surface area (Å²) in [7, 11) is 1.47. The van der Waals surface area contributed by atoms with Crippen molar-refractivity contribution in [2.75, 3.05) is 25.5 Å². The van der Waals surface area contributed by atoms with Crippen LogP contribution in [0.4, 0.5) is 5.82 Å². The third-order valence-electron chi connectivity index (χ3n) is 5.21. The van der Waals surface area contributed by atoms with E-state index >= 15 is 0 Å². The minimum atomic E-state index is -0.347. The average Bonchev–Trinajstić information content (AvgIpc) is 2.94. The fourth-order valence-electron chi connectivity index (χ4n) is 3.71. The van der Waals surface area contributed by atoms with Crippen LogP contribution in [0.3, 0.4) is 0 Å². The first-order valence-electron chi connectivity index (χ1n) is 9.46. The normalized spacial score (nSPS) is 16.3. The van der Waals surface area contributed by atoms with Gasteiger partial charge >= 0.3 is 0 Å². The zero-order valence-electron chi connectivity index (χ0n) is 16.3. The maximum absolute atomic E-state index is 12.5. The van der Waals surface area contributed by atoms with Crippen molar-refractivity contribution < 1.29 is 14.4 Å². The molecule has 4 rings (SSSR count). The van der Waals surface area contributed by atoms with Gasteiger partial charge in [-0.2, -0.15) is 0 Å². The standard InChI is InChI=1S/C21H21N5O3/c1-13-6-3-4-7-14(13)16-9-10-17(24-23-16)22-18(27)12-26-11-5-8-15-19(26)21(29)25(2)20(15)28/h3-4,6-7,9-10H,5,8,11-12H2,1-2H3,(H,22,24,27). The molecule has 1 N–H and O–H groups in total. The highest BCUT2D eigenvalue weighted by molar-refractivity contribution is 6.19. The zero-order valence-corrected chi connectivity index (χ0v) is 16.3. The van der Waals surface area contributed by atoms with Crippen LogP contribution >= 0.6 is 0 Å². The molecule has 0 bridgehead atoms. The van der Waals surface area contributed by atoms with Gasteiger partial charge in [0.25, 0.3) is 11.8 Å². The van der Waals surface area contributed by atoms with E-state index in [1.807, 2.05) is 31.2 Å². The van der Waals surface area contributed by atoms with E-state index in [4.69, 9.17) is 0 Å². The summed E-state index contributed by atoms with van der Waals surface area (Å²) in [6, 6.07) is 11.4. The molecule has 0 atom stereocenters. The molecule has 0 saturated carbocycles. The summed E-state index contributed by atoms with van der Waals surface area (Å²) in [4.78, 5) is 39.8. The van der Waals surface area contributed by atoms with E-state index in [9.17, 15) is 14.4 Å². The van der Waals surface area contributed by atoms with E-state index in [1.54, 1.807) is 17.0 Å². The van der Waals surface area contributed by atoms with Gasteiger partial charge in [0.2, 0.25) is 5.91 Å². The maximum atomic E-state index is 12.5. The smallest absolute Gasteiger partial charge is 0.277 e. The number of nitrogens with zero attached hydrogens (tertiary/aromatic N) is 4. The molecule has 2 aliphatic heterocycles. The quantitative estimate of drug-likeness (QED) is 0.798. The number of carbonyl (C=O) groups is 3. The Morgan fingerprint density at radius 1 is 1.10 bits per heavy atom. The Morgan fingerprint density at radius 2 is 1.90 bits per heavy atom. The molecule has 8 nitrogen and oxygen atoms in total. The second-order valence-electron chi connectivity index (χ2n) is 7.19. The Morgan fingerprint density at radius 3 is 2.62 bits per heavy atom. The number of amides is 3. The number of aryl methyl sites for hydroxylation is 1. The van der Waals surface area contributed by atoms with Crippen molar-refractivity contribution in [3.8, 4) is 11.3 Å². The van der Waals surface area contributed by atoms with Crippen molar-refractivity contribution in [3.63, 3.8) is 0 Å². The number of likely N-dealkylation sites (N-methyl/N-ethyl adjacent to an activating group) is 1. The van der Waals surface area contributed by atoms with Crippen LogP contribution < -0.4 is 5.32 Å². The van der Waals surface area contributed by atoms with Gasteiger partial charge in [-0.25, -0.2) is 0 Å². The number of rotatable bonds is 4. The average molecular weight is 391 g/mol. The summed E-state index contributed by atoms with van der Waals surface area (Å²) < 4.78 is 0. The van der Waals surface area contributed by atoms with Gasteiger partial charge in [-0.3, -0.25) is 19.3 Å². The molecule has 0 aliphatic carbocycles. The fraction of sp³-hybridized carbons (Fsp3) is 0.286. The lowest BCUT2D eigenvalue weighted by Crippen LogP contribution is -2.38. The summed E-state index contributed by atoms with van der Waals surface area (Å²) in [5.74, 6) is -0.594. The molecule has 1 aromatic heterocycles. The Labute approximate surface area is 168 Å². The van der Waals surface area contributed by atoms with E-state index in [2.05, 4.69) is 15.5 Å². The number of imide groups is 1. The topological polar surface area (TPSA) is 95.5 Å². The third kappa shape index (κ3) is 3.49. The third-order valence-corrected chi connectivity index (χ3v) is 5.21. The Balaban J connectivity index is 1.44. The Kier molecular flexibility index (Phi) is 4.84. The first-order chi connectivity index (χ1) is 14.0. The largest absolute Gasteiger partial charge is 0.357 e. The highest BCUT2D eigenvalue weighted by Crippen LogP contribution is 2.30. The molecule has 29 heavy (non-hydrogen) atoms. The lowest BCUT2D eigenvalue weighted by Gasteiger charge is -2.28. The molecular formula is C21H21N5O3. The van der Waals surface area contributed by atoms with Gasteiger partial charge < -0.3 is 10.2 Å². The van der Waals surface area contributed by atoms with Crippen LogP contribution in [-0.4, -0.2) is 57.9 Å². The lowest BCUT2D eigenvalue weighted by molar-refractivity contribution is -0.136. The fourth-order valence-corrected chi connectivity index (χ4v) is 3.71. The molecule has 3 amide bonds. The highest BCUT2D eigenvalue weighted by Gasteiger charge is 2.40. The van der Waals surface area contributed by atoms with Gasteiger partial charge in [-0.05, 0) is 37.5 Å². The summed E-state index contributed by atoms with van der Waals surface area (Å²) >= 11 is 0. The van der Waals surface area contributed by atoms with Gasteiger partial charge in [0.05, 0.1) is 12.2 Å². The predicted molar refractivity (Wildman–Crippen MR) is 106 cm³/mol. The lowest BCUT2D eigenvalue weighted by atomic mass is 10.0. The maximum Gasteiger partial charge on any atom is 0.277 e. The SMILES string of the molecule is Cc1ccccc1-c1ccc(NC(=O)CN2CCCC3=C2C(=O)N(C)C3=O)nn1. The number of hydrogen-bond acceptors (Lipinski definition) is 6. The highest BCUT2D eigenvalue weighted by atomic mass is 16.2. The Bertz CT molecular complexity index is 1030. The molecule has 0 unspecified atom stereocenters. The van der Waals surface area contributed by atoms with Crippen LogP contribution in [0.1, 0.15) is 18.4 Å². The molecule has 148 valence electrons. The van der Waals surface area contributed by atoms with Crippen molar-refractivity contribution in [2.24, 2.45) is 0 Å². The van der Waals surface area contributed by atoms with Crippen LogP contribution in [0.15, 0.2) is 47.7 Å². The monoisotopic (exact) mass is 391 g/mol. The predicted octanol–water partition coefficient (Wildman–Crippen LogP) is 1.74. The molecule has 2 aliphatic rings. The minimum Gasteiger partial charge on any atom is -0.357 e. The zero-order chi connectivity index (χ0) is 20.5. The van der Waals surface area contributed by atoms with Crippen LogP contribution in [-0.2, 0) is 14.4 Å². The molecule has 0 saturated heterocycles. The minimum absolute atomic E-state index is 0.0209. The summed E-state index contributed by atoms with van der Waals surface area (Å²) in [6.07, 6.45) is 1.29. The number of aromatic nitrogens is 2. The van der Waals surface area contributed by atoms with Crippen molar-refractivity contribution in [3.05, 3.63) is 53.2 Å². The molecule has 0 spiro atoms. The second kappa shape index (κ2) is 7.46. The molecule has 0 fully saturated rings. The van der Waals surface area contributed by atoms with Crippen LogP contribution in [0, 0.1) is 6.92 Å². The van der Waals surface area contributed by atoms with Gasteiger partial charge in [0.1, 0.15) is 5.70 Å². The van der Waals surface area contributed by atoms with Gasteiger partial charge in [-0.1, -0.05) is 24.3 Å². The van der Waals surface area contributed by atoms with Crippen LogP contribution in [0.5, 0.6) is 0 Å². The summed E-state index contributed by atoms with van der Waals surface area (Å²) in [6.45, 7) is 2.53. The van der Waals surface area contributed by atoms with E-state index < -0.39 is 0 Å². The van der Waals surface area contributed by atoms with Crippen molar-refractivity contribution in [1.82, 2.24) is 20.0 Å². The molecule has 1 aromatic carbocycles. The van der Waals surface area contributed by atoms with Crippen molar-refractivity contribution in [1.29, 1.82) is 0 Å². The number of benzene rings is 1. The summed E-state index contributed by atoms with van der Waals surface area (Å²) in [5.41, 5.74) is 3.65. The number of nitrogens with one attached hydrogen (secondary N) is 1. The van der Waals surface area contributed by atoms with E-state index in [1.165, 1.54) is 7.05 Å². The van der Waals surface area contributed by atoms with Crippen molar-refractivity contribution in [2.45, 2.75) is 19.8 Å². The van der Waals surface area contributed by atoms with E-state index in [0.717, 1.165) is 28.1 Å². The second-order valence-corrected chi connectivity index (χ2v) is 7.19. The molecule has 2 aromatic rings. The van der Waals surface area contributed by atoms with Gasteiger partial charge in [-0.15, -0.1) is 10.2 Å².